The van der Waals surface area contributed by atoms with Gasteiger partial charge in [-0.1, -0.05) is 29.5 Å². The number of nitrogens with zero attached hydrogens (tertiary/aromatic N) is 1. The molecule has 5 nitrogen and oxygen atoms in total. The maximum absolute atomic E-state index is 11.9. The number of nitrogens with two attached hydrogens (primary N) is 1. The van der Waals surface area contributed by atoms with E-state index in [-0.39, 0.29) is 11.7 Å². The summed E-state index contributed by atoms with van der Waals surface area (Å²) in [6.07, 6.45) is 0. The molecular weight excluding hydrogens is 248 g/mol. The molecule has 4 N–H and O–H groups in total. The van der Waals surface area contributed by atoms with Gasteiger partial charge < -0.3 is 11.1 Å². The Morgan fingerprint density at radius 2 is 2.06 bits per heavy atom. The summed E-state index contributed by atoms with van der Waals surface area (Å²) in [5.41, 5.74) is 6.56. The van der Waals surface area contributed by atoms with Crippen LogP contribution < -0.4 is 11.1 Å². The third-order valence-corrected chi connectivity index (χ3v) is 3.36. The largest absolute Gasteiger partial charge is 0.382 e. The van der Waals surface area contributed by atoms with Crippen LogP contribution >= 0.6 is 11.3 Å². The first-order valence-corrected chi connectivity index (χ1v) is 6.08. The fraction of sp³-hybridized carbons (Fsp3) is 0.0833. The zero-order valence-electron chi connectivity index (χ0n) is 9.73. The van der Waals surface area contributed by atoms with Gasteiger partial charge in [0.25, 0.3) is 5.91 Å². The van der Waals surface area contributed by atoms with E-state index in [1.165, 1.54) is 11.3 Å². The van der Waals surface area contributed by atoms with E-state index in [9.17, 15) is 4.79 Å². The molecule has 0 saturated carbocycles. The SMILES string of the molecule is CC(=N)c1sc(NC(=O)c2ccccc2)nc1N. The number of amides is 1. The highest BCUT2D eigenvalue weighted by molar-refractivity contribution is 7.18. The van der Waals surface area contributed by atoms with Crippen molar-refractivity contribution in [2.75, 3.05) is 11.1 Å². The summed E-state index contributed by atoms with van der Waals surface area (Å²) in [7, 11) is 0. The molecule has 1 aromatic carbocycles. The number of rotatable bonds is 3. The third kappa shape index (κ3) is 2.54. The van der Waals surface area contributed by atoms with Crippen LogP contribution in [0.3, 0.4) is 0 Å². The summed E-state index contributed by atoms with van der Waals surface area (Å²) in [5, 5.41) is 10.6. The van der Waals surface area contributed by atoms with Gasteiger partial charge in [-0.25, -0.2) is 4.98 Å². The van der Waals surface area contributed by atoms with Crippen LogP contribution in [0.5, 0.6) is 0 Å². The van der Waals surface area contributed by atoms with Gasteiger partial charge in [0.2, 0.25) is 0 Å². The van der Waals surface area contributed by atoms with Crippen LogP contribution in [-0.2, 0) is 0 Å². The lowest BCUT2D eigenvalue weighted by molar-refractivity contribution is 0.102. The Morgan fingerprint density at radius 3 is 2.61 bits per heavy atom. The summed E-state index contributed by atoms with van der Waals surface area (Å²) in [5.74, 6) is 0.0365. The lowest BCUT2D eigenvalue weighted by Crippen LogP contribution is -2.11. The molecule has 0 atom stereocenters. The molecular formula is C12H12N4OS. The quantitative estimate of drug-likeness (QED) is 0.740. The van der Waals surface area contributed by atoms with Crippen LogP contribution in [0.1, 0.15) is 22.2 Å². The second kappa shape index (κ2) is 4.97. The van der Waals surface area contributed by atoms with Gasteiger partial charge in [0.1, 0.15) is 5.82 Å². The third-order valence-electron chi connectivity index (χ3n) is 2.25. The van der Waals surface area contributed by atoms with E-state index in [4.69, 9.17) is 11.1 Å². The zero-order chi connectivity index (χ0) is 13.1. The molecule has 1 aromatic heterocycles. The molecule has 0 spiro atoms. The Labute approximate surface area is 108 Å². The second-order valence-corrected chi connectivity index (χ2v) is 4.68. The van der Waals surface area contributed by atoms with Gasteiger partial charge in [0, 0.05) is 11.3 Å². The normalized spacial score (nSPS) is 10.1. The predicted octanol–water partition coefficient (Wildman–Crippen LogP) is 2.37. The van der Waals surface area contributed by atoms with Gasteiger partial charge >= 0.3 is 0 Å². The Hall–Kier alpha value is -2.21. The second-order valence-electron chi connectivity index (χ2n) is 3.68. The Balaban J connectivity index is 2.18. The van der Waals surface area contributed by atoms with Crippen molar-refractivity contribution in [2.24, 2.45) is 0 Å². The molecule has 92 valence electrons. The van der Waals surface area contributed by atoms with Crippen molar-refractivity contribution < 1.29 is 4.79 Å². The van der Waals surface area contributed by atoms with Crippen molar-refractivity contribution in [3.8, 4) is 0 Å². The van der Waals surface area contributed by atoms with Gasteiger partial charge in [0.05, 0.1) is 4.88 Å². The zero-order valence-corrected chi connectivity index (χ0v) is 10.5. The molecule has 0 aliphatic carbocycles. The summed E-state index contributed by atoms with van der Waals surface area (Å²) >= 11 is 1.20. The molecule has 2 aromatic rings. The number of aromatic nitrogens is 1. The molecule has 0 fully saturated rings. The first-order chi connectivity index (χ1) is 8.58. The summed E-state index contributed by atoms with van der Waals surface area (Å²) in [6.45, 7) is 1.63. The highest BCUT2D eigenvalue weighted by Crippen LogP contribution is 2.25. The maximum Gasteiger partial charge on any atom is 0.257 e. The molecule has 18 heavy (non-hydrogen) atoms. The Morgan fingerprint density at radius 1 is 1.39 bits per heavy atom. The van der Waals surface area contributed by atoms with Crippen molar-refractivity contribution in [1.82, 2.24) is 4.98 Å². The van der Waals surface area contributed by atoms with E-state index < -0.39 is 0 Å². The maximum atomic E-state index is 11.9. The standard InChI is InChI=1S/C12H12N4OS/c1-7(13)9-10(14)15-12(18-9)16-11(17)8-5-3-2-4-6-8/h2-6,13H,14H2,1H3,(H,15,16,17). The van der Waals surface area contributed by atoms with E-state index in [1.807, 2.05) is 6.07 Å². The summed E-state index contributed by atoms with van der Waals surface area (Å²) in [6, 6.07) is 8.86. The molecule has 2 rings (SSSR count). The first-order valence-electron chi connectivity index (χ1n) is 5.26. The molecule has 0 saturated heterocycles. The van der Waals surface area contributed by atoms with Crippen LogP contribution in [0.4, 0.5) is 10.9 Å². The Bertz CT molecular complexity index is 591. The monoisotopic (exact) mass is 260 g/mol. The number of carbonyl (C=O) groups excluding carboxylic acids is 1. The topological polar surface area (TPSA) is 91.9 Å². The first kappa shape index (κ1) is 12.3. The van der Waals surface area contributed by atoms with E-state index >= 15 is 0 Å². The highest BCUT2D eigenvalue weighted by atomic mass is 32.1. The van der Waals surface area contributed by atoms with Gasteiger partial charge in [-0.2, -0.15) is 0 Å². The number of anilines is 2. The smallest absolute Gasteiger partial charge is 0.257 e. The molecule has 0 aliphatic heterocycles. The minimum absolute atomic E-state index is 0.237. The summed E-state index contributed by atoms with van der Waals surface area (Å²) in [4.78, 5) is 16.5. The van der Waals surface area contributed by atoms with Gasteiger partial charge in [0.15, 0.2) is 5.13 Å². The predicted molar refractivity (Wildman–Crippen MR) is 73.4 cm³/mol. The van der Waals surface area contributed by atoms with Crippen LogP contribution in [0.25, 0.3) is 0 Å². The minimum Gasteiger partial charge on any atom is -0.382 e. The molecule has 0 aliphatic rings. The van der Waals surface area contributed by atoms with E-state index in [1.54, 1.807) is 31.2 Å². The number of nitrogens with one attached hydrogen (secondary N) is 2. The molecule has 1 amide bonds. The van der Waals surface area contributed by atoms with Crippen LogP contribution in [0, 0.1) is 5.41 Å². The molecule has 0 unspecified atom stereocenters. The average Bonchev–Trinajstić information content (AvgIpc) is 2.71. The van der Waals surface area contributed by atoms with E-state index in [2.05, 4.69) is 10.3 Å². The number of nitrogen functional groups attached to an aromatic ring is 1. The average molecular weight is 260 g/mol. The van der Waals surface area contributed by atoms with Crippen LogP contribution in [-0.4, -0.2) is 16.6 Å². The number of hydrogen-bond acceptors (Lipinski definition) is 5. The van der Waals surface area contributed by atoms with Crippen molar-refractivity contribution in [3.63, 3.8) is 0 Å². The lowest BCUT2D eigenvalue weighted by Gasteiger charge is -2.00. The fourth-order valence-corrected chi connectivity index (χ4v) is 2.20. The van der Waals surface area contributed by atoms with Crippen molar-refractivity contribution in [3.05, 3.63) is 40.8 Å². The molecule has 1 heterocycles. The van der Waals surface area contributed by atoms with Gasteiger partial charge in [-0.05, 0) is 19.1 Å². The lowest BCUT2D eigenvalue weighted by atomic mass is 10.2. The van der Waals surface area contributed by atoms with Crippen molar-refractivity contribution in [1.29, 1.82) is 5.41 Å². The van der Waals surface area contributed by atoms with Gasteiger partial charge in [-0.15, -0.1) is 0 Å². The van der Waals surface area contributed by atoms with Crippen molar-refractivity contribution in [2.45, 2.75) is 6.92 Å². The molecule has 6 heteroatoms. The Kier molecular flexibility index (Phi) is 3.38. The fourth-order valence-electron chi connectivity index (χ4n) is 1.41. The van der Waals surface area contributed by atoms with Crippen LogP contribution in [0.2, 0.25) is 0 Å². The van der Waals surface area contributed by atoms with E-state index in [0.29, 0.717) is 21.3 Å². The summed E-state index contributed by atoms with van der Waals surface area (Å²) < 4.78 is 0. The molecule has 0 bridgehead atoms. The minimum atomic E-state index is -0.237. The molecule has 0 radical (unpaired) electrons. The van der Waals surface area contributed by atoms with Gasteiger partial charge in [-0.3, -0.25) is 10.1 Å². The number of thiazole rings is 1. The number of hydrogen-bond donors (Lipinski definition) is 3. The highest BCUT2D eigenvalue weighted by Gasteiger charge is 2.13. The van der Waals surface area contributed by atoms with Crippen molar-refractivity contribution >= 4 is 33.9 Å². The van der Waals surface area contributed by atoms with Crippen LogP contribution in [0.15, 0.2) is 30.3 Å². The number of benzene rings is 1. The van der Waals surface area contributed by atoms with E-state index in [0.717, 1.165) is 0 Å². The number of carbonyl (C=O) groups is 1.